The van der Waals surface area contributed by atoms with E-state index in [1.54, 1.807) is 24.3 Å². The number of carbonyl (C=O) groups excluding carboxylic acids is 1. The number of amides is 1. The molecule has 2 aliphatic heterocycles. The molecule has 12 heteroatoms. The maximum Gasteiger partial charge on any atom is 0.446 e. The summed E-state index contributed by atoms with van der Waals surface area (Å²) in [4.78, 5) is 21.2. The van der Waals surface area contributed by atoms with Crippen LogP contribution in [0.3, 0.4) is 0 Å². The van der Waals surface area contributed by atoms with E-state index in [1.807, 2.05) is 4.90 Å². The van der Waals surface area contributed by atoms with Gasteiger partial charge in [0.1, 0.15) is 0 Å². The zero-order valence-corrected chi connectivity index (χ0v) is 21.8. The standard InChI is InChI=1S/C26H32F6N4OS/c27-25(28,29)20-3-5-21(6-4-20)34-14-12-33(13-15-34)11-1-2-24(37)36-18-16-35(17-19-36)22-7-9-23(10-8-22)38-26(30,31)32/h3,5-10,20H,1-2,4,11-19H2/t20-/m1/s1. The van der Waals surface area contributed by atoms with Gasteiger partial charge in [0.25, 0.3) is 0 Å². The van der Waals surface area contributed by atoms with Crippen LogP contribution in [0.15, 0.2) is 53.1 Å². The fraction of sp³-hybridized carbons (Fsp3) is 0.577. The first-order chi connectivity index (χ1) is 18.0. The predicted octanol–water partition coefficient (Wildman–Crippen LogP) is 5.37. The Morgan fingerprint density at radius 1 is 0.868 bits per heavy atom. The molecule has 4 rings (SSSR count). The number of nitrogens with zero attached hydrogens (tertiary/aromatic N) is 4. The Morgan fingerprint density at radius 2 is 1.50 bits per heavy atom. The minimum absolute atomic E-state index is 0.0146. The molecule has 0 saturated carbocycles. The molecule has 1 amide bonds. The lowest BCUT2D eigenvalue weighted by Crippen LogP contribution is -2.49. The Balaban J connectivity index is 1.12. The van der Waals surface area contributed by atoms with Gasteiger partial charge < -0.3 is 14.7 Å². The largest absolute Gasteiger partial charge is 0.446 e. The summed E-state index contributed by atoms with van der Waals surface area (Å²) < 4.78 is 76.1. The maximum atomic E-state index is 12.8. The number of rotatable bonds is 7. The number of thioether (sulfide) groups is 1. The molecular weight excluding hydrogens is 530 g/mol. The van der Waals surface area contributed by atoms with Gasteiger partial charge in [0, 0.05) is 75.1 Å². The predicted molar refractivity (Wildman–Crippen MR) is 136 cm³/mol. The van der Waals surface area contributed by atoms with Crippen LogP contribution in [0.2, 0.25) is 0 Å². The van der Waals surface area contributed by atoms with Gasteiger partial charge in [-0.25, -0.2) is 0 Å². The Bertz CT molecular complexity index is 994. The Labute approximate surface area is 223 Å². The lowest BCUT2D eigenvalue weighted by molar-refractivity contribution is -0.160. The molecule has 0 aromatic heterocycles. The van der Waals surface area contributed by atoms with E-state index in [0.29, 0.717) is 32.6 Å². The van der Waals surface area contributed by atoms with E-state index in [4.69, 9.17) is 0 Å². The van der Waals surface area contributed by atoms with Gasteiger partial charge in [0.15, 0.2) is 0 Å². The van der Waals surface area contributed by atoms with Crippen LogP contribution in [0, 0.1) is 5.92 Å². The molecule has 38 heavy (non-hydrogen) atoms. The number of hydrogen-bond acceptors (Lipinski definition) is 5. The van der Waals surface area contributed by atoms with Crippen LogP contribution in [-0.2, 0) is 4.79 Å². The van der Waals surface area contributed by atoms with Gasteiger partial charge in [0.05, 0.1) is 5.92 Å². The van der Waals surface area contributed by atoms with Crippen LogP contribution < -0.4 is 4.90 Å². The number of piperazine rings is 2. The molecule has 1 aromatic carbocycles. The molecule has 0 bridgehead atoms. The van der Waals surface area contributed by atoms with Gasteiger partial charge >= 0.3 is 11.7 Å². The highest BCUT2D eigenvalue weighted by Crippen LogP contribution is 2.37. The van der Waals surface area contributed by atoms with Gasteiger partial charge in [-0.2, -0.15) is 26.3 Å². The fourth-order valence-corrected chi connectivity index (χ4v) is 5.54. The average molecular weight is 563 g/mol. The van der Waals surface area contributed by atoms with E-state index < -0.39 is 17.6 Å². The number of allylic oxidation sites excluding steroid dienone is 3. The third-order valence-electron chi connectivity index (χ3n) is 7.17. The maximum absolute atomic E-state index is 12.8. The summed E-state index contributed by atoms with van der Waals surface area (Å²) in [6.07, 6.45) is 1.49. The lowest BCUT2D eigenvalue weighted by atomic mass is 9.98. The van der Waals surface area contributed by atoms with E-state index in [-0.39, 0.29) is 29.0 Å². The van der Waals surface area contributed by atoms with Gasteiger partial charge in [-0.15, -0.1) is 0 Å². The molecule has 2 fully saturated rings. The number of alkyl halides is 6. The van der Waals surface area contributed by atoms with Crippen LogP contribution in [-0.4, -0.2) is 91.2 Å². The smallest absolute Gasteiger partial charge is 0.369 e. The summed E-state index contributed by atoms with van der Waals surface area (Å²) in [5.74, 6) is -1.29. The van der Waals surface area contributed by atoms with Crippen molar-refractivity contribution < 1.29 is 31.1 Å². The molecule has 3 aliphatic rings. The van der Waals surface area contributed by atoms with E-state index in [2.05, 4.69) is 14.7 Å². The normalized spacial score (nSPS) is 21.6. The SMILES string of the molecule is O=C(CCCN1CCN(C2=CC[C@H](C(F)(F)F)C=C2)CC1)N1CCN(c2ccc(SC(F)(F)F)cc2)CC1. The van der Waals surface area contributed by atoms with Crippen molar-refractivity contribution in [3.63, 3.8) is 0 Å². The molecule has 0 spiro atoms. The van der Waals surface area contributed by atoms with E-state index in [9.17, 15) is 31.1 Å². The summed E-state index contributed by atoms with van der Waals surface area (Å²) in [6, 6.07) is 6.31. The molecule has 1 atom stereocenters. The molecule has 2 saturated heterocycles. The van der Waals surface area contributed by atoms with Crippen molar-refractivity contribution in [3.05, 3.63) is 48.2 Å². The van der Waals surface area contributed by atoms with Gasteiger partial charge in [-0.05, 0) is 61.5 Å². The Hall–Kier alpha value is -2.34. The van der Waals surface area contributed by atoms with E-state index in [1.165, 1.54) is 18.2 Å². The molecule has 210 valence electrons. The lowest BCUT2D eigenvalue weighted by Gasteiger charge is -2.38. The Morgan fingerprint density at radius 3 is 2.05 bits per heavy atom. The first-order valence-electron chi connectivity index (χ1n) is 12.8. The average Bonchev–Trinajstić information content (AvgIpc) is 2.88. The molecular formula is C26H32F6N4OS. The molecule has 0 radical (unpaired) electrons. The Kier molecular flexibility index (Phi) is 9.23. The zero-order valence-electron chi connectivity index (χ0n) is 21.0. The third-order valence-corrected chi connectivity index (χ3v) is 7.91. The van der Waals surface area contributed by atoms with Crippen molar-refractivity contribution >= 4 is 23.4 Å². The van der Waals surface area contributed by atoms with Crippen molar-refractivity contribution in [1.82, 2.24) is 14.7 Å². The highest BCUT2D eigenvalue weighted by molar-refractivity contribution is 8.00. The van der Waals surface area contributed by atoms with Crippen LogP contribution in [0.5, 0.6) is 0 Å². The van der Waals surface area contributed by atoms with Crippen LogP contribution in [0.25, 0.3) is 0 Å². The number of benzene rings is 1. The second kappa shape index (κ2) is 12.2. The van der Waals surface area contributed by atoms with Gasteiger partial charge in [-0.3, -0.25) is 9.69 Å². The molecule has 1 aliphatic carbocycles. The second-order valence-electron chi connectivity index (χ2n) is 9.71. The number of anilines is 1. The highest BCUT2D eigenvalue weighted by Gasteiger charge is 2.38. The third kappa shape index (κ3) is 8.08. The zero-order chi connectivity index (χ0) is 27.3. The first-order valence-corrected chi connectivity index (χ1v) is 13.6. The fourth-order valence-electron chi connectivity index (χ4n) is 5.00. The van der Waals surface area contributed by atoms with Crippen molar-refractivity contribution in [1.29, 1.82) is 0 Å². The molecule has 2 heterocycles. The number of halogens is 6. The molecule has 1 aromatic rings. The van der Waals surface area contributed by atoms with Gasteiger partial charge in [-0.1, -0.05) is 12.2 Å². The van der Waals surface area contributed by atoms with E-state index >= 15 is 0 Å². The first kappa shape index (κ1) is 28.7. The van der Waals surface area contributed by atoms with Crippen molar-refractivity contribution in [3.8, 4) is 0 Å². The minimum Gasteiger partial charge on any atom is -0.369 e. The summed E-state index contributed by atoms with van der Waals surface area (Å²) in [5, 5.41) is 0. The van der Waals surface area contributed by atoms with Crippen molar-refractivity contribution in [2.24, 2.45) is 5.92 Å². The molecule has 0 unspecified atom stereocenters. The summed E-state index contributed by atoms with van der Waals surface area (Å²) in [6.45, 7) is 6.33. The van der Waals surface area contributed by atoms with E-state index in [0.717, 1.165) is 50.5 Å². The number of hydrogen-bond donors (Lipinski definition) is 0. The van der Waals surface area contributed by atoms with Crippen LogP contribution in [0.1, 0.15) is 19.3 Å². The summed E-state index contributed by atoms with van der Waals surface area (Å²) in [7, 11) is 0. The topological polar surface area (TPSA) is 30.0 Å². The van der Waals surface area contributed by atoms with Crippen molar-refractivity contribution in [2.45, 2.75) is 35.8 Å². The highest BCUT2D eigenvalue weighted by atomic mass is 32.2. The van der Waals surface area contributed by atoms with Crippen molar-refractivity contribution in [2.75, 3.05) is 63.8 Å². The molecule has 5 nitrogen and oxygen atoms in total. The molecule has 0 N–H and O–H groups in total. The summed E-state index contributed by atoms with van der Waals surface area (Å²) >= 11 is -0.131. The second-order valence-corrected chi connectivity index (χ2v) is 10.9. The number of carbonyl (C=O) groups is 1. The van der Waals surface area contributed by atoms with Gasteiger partial charge in [0.2, 0.25) is 5.91 Å². The minimum atomic E-state index is -4.31. The van der Waals surface area contributed by atoms with Crippen LogP contribution in [0.4, 0.5) is 32.0 Å². The quantitative estimate of drug-likeness (QED) is 0.330. The summed E-state index contributed by atoms with van der Waals surface area (Å²) in [5.41, 5.74) is -2.60. The monoisotopic (exact) mass is 562 g/mol. The van der Waals surface area contributed by atoms with Crippen LogP contribution >= 0.6 is 11.8 Å².